The Hall–Kier alpha value is -11.8. The molecule has 3 aromatic heterocycles. The second-order valence-corrected chi connectivity index (χ2v) is 27.7. The number of ether oxygens (including phenoxy) is 9. The van der Waals surface area contributed by atoms with E-state index in [1.807, 2.05) is 109 Å². The molecule has 8 heterocycles. The first-order valence-electron chi connectivity index (χ1n) is 37.4. The van der Waals surface area contributed by atoms with Gasteiger partial charge in [0.15, 0.2) is 0 Å². The van der Waals surface area contributed by atoms with E-state index in [4.69, 9.17) is 42.6 Å². The van der Waals surface area contributed by atoms with Crippen LogP contribution in [-0.2, 0) is 18.9 Å². The van der Waals surface area contributed by atoms with E-state index in [2.05, 4.69) is 134 Å². The average molecular weight is 1440 g/mol. The number of benzene rings is 9. The van der Waals surface area contributed by atoms with E-state index >= 15 is 0 Å². The summed E-state index contributed by atoms with van der Waals surface area (Å²) in [7, 11) is 1.58. The fraction of sp³-hybridized carbons (Fsp3) is 0.289. The van der Waals surface area contributed by atoms with Crippen LogP contribution < -0.4 is 28.6 Å². The zero-order chi connectivity index (χ0) is 73.6. The molecule has 18 heteroatoms. The van der Waals surface area contributed by atoms with Gasteiger partial charge in [0.05, 0.1) is 82.2 Å². The highest BCUT2D eigenvalue weighted by molar-refractivity contribution is 6.01. The molecule has 544 valence electrons. The van der Waals surface area contributed by atoms with Gasteiger partial charge in [0, 0.05) is 114 Å². The van der Waals surface area contributed by atoms with Crippen molar-refractivity contribution < 1.29 is 42.6 Å². The summed E-state index contributed by atoms with van der Waals surface area (Å²) < 4.78 is 51.4. The number of hydrogen-bond acceptors (Lipinski definition) is 15. The molecule has 9 aromatic carbocycles. The van der Waals surface area contributed by atoms with Crippen molar-refractivity contribution in [3.8, 4) is 120 Å². The third-order valence-electron chi connectivity index (χ3n) is 20.8. The van der Waals surface area contributed by atoms with Crippen LogP contribution in [0.1, 0.15) is 73.6 Å². The van der Waals surface area contributed by atoms with Gasteiger partial charge in [-0.15, -0.1) is 0 Å². The van der Waals surface area contributed by atoms with Crippen LogP contribution in [0, 0.1) is 45.3 Å². The normalized spacial score (nSPS) is 15.7. The largest absolute Gasteiger partial charge is 0.495 e. The first kappa shape index (κ1) is 71.8. The van der Waals surface area contributed by atoms with Crippen molar-refractivity contribution in [1.29, 1.82) is 21.0 Å². The molecule has 0 atom stereocenters. The maximum Gasteiger partial charge on any atom is 0.137 e. The van der Waals surface area contributed by atoms with Crippen LogP contribution in [0.5, 0.6) is 28.7 Å². The van der Waals surface area contributed by atoms with Crippen molar-refractivity contribution in [2.75, 3.05) is 104 Å². The van der Waals surface area contributed by atoms with Crippen molar-refractivity contribution in [3.63, 3.8) is 0 Å². The highest BCUT2D eigenvalue weighted by atomic mass is 16.5. The van der Waals surface area contributed by atoms with Crippen molar-refractivity contribution in [2.24, 2.45) is 0 Å². The number of hydrogen-bond donors (Lipinski definition) is 3. The molecule has 0 spiro atoms. The number of aromatic nitrogens is 3. The van der Waals surface area contributed by atoms with Crippen LogP contribution in [0.25, 0.3) is 99.9 Å². The highest BCUT2D eigenvalue weighted by Crippen LogP contribution is 2.40. The fourth-order valence-electron chi connectivity index (χ4n) is 14.9. The standard InChI is InChI=1S/C32H29N3O4.C32H33N3O3.C26H23N3O2/c33-19-23-16-21(4-6-31(23)38-25-8-12-36-13-9-25)27-2-1-3-29-28(27)18-30(35-29)22-5-7-32(24(17-22)20-34)39-26-10-14-37-15-11-26;33-22-25-20-24(8-11-32(25)38-27-12-17-36-18-13-27)28-4-3-5-30-29(28)21-31(34-30)23-6-9-26(10-7-23)37-19-16-35-14-1-2-15-35;1-30-26-10-7-19(15-20(26)17-27)22-3-2-4-24-23(22)16-25(28-24)18-5-8-21(9-6-18)29-11-13-31-14-12-29/h1-7,16-18,25-26,35H,8-15H2;3-11,20-21,27,34H,1-2,12-19H2;2-10,15-16,28H,11-14H2,1H3. The molecular formula is C90H85N9O9. The summed E-state index contributed by atoms with van der Waals surface area (Å²) in [6.07, 6.45) is 7.85. The molecular weight excluding hydrogens is 1350 g/mol. The quantitative estimate of drug-likeness (QED) is 0.0725. The number of fused-ring (bicyclic) bond motifs is 3. The zero-order valence-corrected chi connectivity index (χ0v) is 60.6. The predicted octanol–water partition coefficient (Wildman–Crippen LogP) is 18.0. The third kappa shape index (κ3) is 16.7. The molecule has 3 N–H and O–H groups in total. The fourth-order valence-corrected chi connectivity index (χ4v) is 14.9. The van der Waals surface area contributed by atoms with Gasteiger partial charge in [-0.1, -0.05) is 66.7 Å². The smallest absolute Gasteiger partial charge is 0.137 e. The number of methoxy groups -OCH3 is 1. The Kier molecular flexibility index (Phi) is 22.7. The third-order valence-corrected chi connectivity index (χ3v) is 20.8. The van der Waals surface area contributed by atoms with Crippen LogP contribution in [-0.4, -0.2) is 137 Å². The lowest BCUT2D eigenvalue weighted by Crippen LogP contribution is -2.36. The van der Waals surface area contributed by atoms with Gasteiger partial charge in [-0.05, 0) is 203 Å². The molecule has 17 rings (SSSR count). The molecule has 0 amide bonds. The molecule has 5 aliphatic rings. The van der Waals surface area contributed by atoms with E-state index in [-0.39, 0.29) is 18.3 Å². The van der Waals surface area contributed by atoms with Gasteiger partial charge >= 0.3 is 0 Å². The lowest BCUT2D eigenvalue weighted by molar-refractivity contribution is 0.0252. The Balaban J connectivity index is 0.000000130. The van der Waals surface area contributed by atoms with Crippen LogP contribution in [0.3, 0.4) is 0 Å². The lowest BCUT2D eigenvalue weighted by Gasteiger charge is -2.28. The van der Waals surface area contributed by atoms with Gasteiger partial charge < -0.3 is 62.5 Å². The van der Waals surface area contributed by atoms with E-state index in [0.717, 1.165) is 184 Å². The molecule has 0 unspecified atom stereocenters. The Labute approximate surface area is 629 Å². The minimum absolute atomic E-state index is 0.0686. The monoisotopic (exact) mass is 1440 g/mol. The average Bonchev–Trinajstić information content (AvgIpc) is 1.63. The van der Waals surface area contributed by atoms with E-state index in [1.165, 1.54) is 31.6 Å². The van der Waals surface area contributed by atoms with Gasteiger partial charge in [-0.25, -0.2) is 0 Å². The minimum Gasteiger partial charge on any atom is -0.495 e. The van der Waals surface area contributed by atoms with Crippen LogP contribution in [0.15, 0.2) is 194 Å². The van der Waals surface area contributed by atoms with Crippen LogP contribution in [0.4, 0.5) is 5.69 Å². The van der Waals surface area contributed by atoms with Crippen molar-refractivity contribution in [1.82, 2.24) is 19.9 Å². The Bertz CT molecular complexity index is 5300. The van der Waals surface area contributed by atoms with E-state index in [9.17, 15) is 21.0 Å². The predicted molar refractivity (Wildman–Crippen MR) is 421 cm³/mol. The topological polar surface area (TPSA) is 232 Å². The number of nitriles is 4. The van der Waals surface area contributed by atoms with Gasteiger partial charge in [-0.3, -0.25) is 4.90 Å². The Morgan fingerprint density at radius 1 is 0.380 bits per heavy atom. The number of rotatable bonds is 18. The number of nitrogens with zero attached hydrogens (tertiary/aromatic N) is 6. The number of H-pyrrole nitrogens is 3. The summed E-state index contributed by atoms with van der Waals surface area (Å²) in [6.45, 7) is 11.7. The molecule has 5 saturated heterocycles. The van der Waals surface area contributed by atoms with Crippen molar-refractivity contribution in [3.05, 3.63) is 216 Å². The van der Waals surface area contributed by atoms with Gasteiger partial charge in [0.1, 0.15) is 77.9 Å². The molecule has 5 aliphatic heterocycles. The molecule has 5 fully saturated rings. The Morgan fingerprint density at radius 3 is 1.14 bits per heavy atom. The van der Waals surface area contributed by atoms with Gasteiger partial charge in [-0.2, -0.15) is 21.0 Å². The van der Waals surface area contributed by atoms with Crippen molar-refractivity contribution >= 4 is 38.4 Å². The second-order valence-electron chi connectivity index (χ2n) is 27.7. The minimum atomic E-state index is 0.0686. The van der Waals surface area contributed by atoms with Crippen LogP contribution in [0.2, 0.25) is 0 Å². The zero-order valence-electron chi connectivity index (χ0n) is 60.6. The molecule has 0 saturated carbocycles. The van der Waals surface area contributed by atoms with E-state index < -0.39 is 0 Å². The van der Waals surface area contributed by atoms with E-state index in [1.54, 1.807) is 7.11 Å². The number of anilines is 1. The summed E-state index contributed by atoms with van der Waals surface area (Å²) in [5, 5.41) is 42.3. The van der Waals surface area contributed by atoms with Crippen molar-refractivity contribution in [2.45, 2.75) is 69.7 Å². The number of nitrogens with one attached hydrogen (secondary N) is 3. The van der Waals surface area contributed by atoms with E-state index in [0.29, 0.717) is 84.9 Å². The number of aromatic amines is 3. The summed E-state index contributed by atoms with van der Waals surface area (Å²) in [5.74, 6) is 3.36. The SMILES string of the molecule is COc1ccc(-c2cccc3[nH]c(-c4ccc(N5CCOCC5)cc4)cc23)cc1C#N.N#Cc1cc(-c2cc3c(-c4ccc(OC5CCOCC5)c(C#N)c4)cccc3[nH]2)ccc1OC1CCOCC1.N#Cc1cc(-c2cccc3[nH]c(-c4ccc(OCCN5CCCC5)cc4)cc23)ccc1OC1CCOCC1. The molecule has 0 radical (unpaired) electrons. The summed E-state index contributed by atoms with van der Waals surface area (Å²) in [4.78, 5) is 15.4. The lowest BCUT2D eigenvalue weighted by atomic mass is 9.99. The first-order chi connectivity index (χ1) is 53.2. The second kappa shape index (κ2) is 34.2. The summed E-state index contributed by atoms with van der Waals surface area (Å²) >= 11 is 0. The summed E-state index contributed by atoms with van der Waals surface area (Å²) in [5.41, 5.74) is 18.8. The molecule has 12 aromatic rings. The van der Waals surface area contributed by atoms with Crippen LogP contribution >= 0.6 is 0 Å². The first-order valence-corrected chi connectivity index (χ1v) is 37.4. The molecule has 0 aliphatic carbocycles. The number of likely N-dealkylation sites (tertiary alicyclic amines) is 1. The number of morpholine rings is 1. The van der Waals surface area contributed by atoms with Gasteiger partial charge in [0.2, 0.25) is 0 Å². The Morgan fingerprint density at radius 2 is 0.731 bits per heavy atom. The maximum absolute atomic E-state index is 9.86. The highest BCUT2D eigenvalue weighted by Gasteiger charge is 2.24. The molecule has 0 bridgehead atoms. The summed E-state index contributed by atoms with van der Waals surface area (Å²) in [6, 6.07) is 74.3. The maximum atomic E-state index is 9.86. The van der Waals surface area contributed by atoms with Gasteiger partial charge in [0.25, 0.3) is 0 Å². The molecule has 108 heavy (non-hydrogen) atoms. The molecule has 18 nitrogen and oxygen atoms in total.